The summed E-state index contributed by atoms with van der Waals surface area (Å²) < 4.78 is 68.4. The van der Waals surface area contributed by atoms with Gasteiger partial charge in [0.05, 0.1) is 26.4 Å². The van der Waals surface area contributed by atoms with Crippen LogP contribution in [0.4, 0.5) is 0 Å². The van der Waals surface area contributed by atoms with Gasteiger partial charge in [-0.05, 0) is 49.4 Å². The number of unbranched alkanes of at least 4 members (excludes halogenated alkanes) is 37. The fourth-order valence-corrected chi connectivity index (χ4v) is 12.8. The number of aliphatic hydroxyl groups is 1. The first-order valence-corrected chi connectivity index (χ1v) is 41.2. The molecule has 0 aromatic carbocycles. The molecule has 0 fully saturated rings. The molecule has 0 aliphatic rings. The van der Waals surface area contributed by atoms with Crippen molar-refractivity contribution in [1.82, 2.24) is 0 Å². The molecule has 552 valence electrons. The first-order chi connectivity index (χ1) is 44.6. The largest absolute Gasteiger partial charge is 0.472 e. The zero-order chi connectivity index (χ0) is 68.9. The first kappa shape index (κ1) is 91.1. The number of phosphoric acid groups is 2. The van der Waals surface area contributed by atoms with Gasteiger partial charge in [-0.3, -0.25) is 37.3 Å². The number of hydrogen-bond acceptors (Lipinski definition) is 15. The van der Waals surface area contributed by atoms with E-state index >= 15 is 0 Å². The SMILES string of the molecule is CC(C)CCCCCCCCCCCCCCCCCCC(=O)O[C@H](COC(=O)CCCCCCCCCC(C)C)COP(=O)(O)OCC(O)COP(=O)(O)OC[C@@H](COC(=O)CCCCCCCCCC(C)C)OC(=O)CCCCCCCCCCCCCC(C)C. The Bertz CT molecular complexity index is 1830. The van der Waals surface area contributed by atoms with E-state index < -0.39 is 97.5 Å². The lowest BCUT2D eigenvalue weighted by Crippen LogP contribution is -2.30. The van der Waals surface area contributed by atoms with Crippen molar-refractivity contribution in [2.75, 3.05) is 39.6 Å². The number of phosphoric ester groups is 2. The number of esters is 4. The molecule has 19 heteroatoms. The second-order valence-corrected chi connectivity index (χ2v) is 31.5. The maximum absolute atomic E-state index is 13.0. The van der Waals surface area contributed by atoms with E-state index in [0.29, 0.717) is 37.5 Å². The van der Waals surface area contributed by atoms with Gasteiger partial charge in [0.2, 0.25) is 0 Å². The van der Waals surface area contributed by atoms with Gasteiger partial charge in [-0.15, -0.1) is 0 Å². The second kappa shape index (κ2) is 63.5. The van der Waals surface area contributed by atoms with E-state index in [4.69, 9.17) is 37.0 Å². The van der Waals surface area contributed by atoms with Crippen LogP contribution in [0.15, 0.2) is 0 Å². The average molecular weight is 1370 g/mol. The Labute approximate surface area is 568 Å². The van der Waals surface area contributed by atoms with Crippen molar-refractivity contribution in [2.24, 2.45) is 23.7 Å². The molecule has 93 heavy (non-hydrogen) atoms. The molecule has 3 N–H and O–H groups in total. The van der Waals surface area contributed by atoms with Gasteiger partial charge in [-0.25, -0.2) is 9.13 Å². The summed E-state index contributed by atoms with van der Waals surface area (Å²) in [6, 6.07) is 0. The third kappa shape index (κ3) is 68.4. The Hall–Kier alpha value is -1.94. The van der Waals surface area contributed by atoms with Crippen molar-refractivity contribution >= 4 is 39.5 Å². The molecule has 0 saturated heterocycles. The Morgan fingerprint density at radius 3 is 0.667 bits per heavy atom. The molecule has 0 bridgehead atoms. The Kier molecular flexibility index (Phi) is 62.2. The van der Waals surface area contributed by atoms with Crippen molar-refractivity contribution in [3.63, 3.8) is 0 Å². The van der Waals surface area contributed by atoms with Crippen molar-refractivity contribution in [1.29, 1.82) is 0 Å². The summed E-state index contributed by atoms with van der Waals surface area (Å²) >= 11 is 0. The average Bonchev–Trinajstić information content (AvgIpc) is 2.33. The predicted molar refractivity (Wildman–Crippen MR) is 377 cm³/mol. The quantitative estimate of drug-likeness (QED) is 0.0222. The van der Waals surface area contributed by atoms with Crippen LogP contribution in [0, 0.1) is 23.7 Å². The molecule has 0 radical (unpaired) electrons. The van der Waals surface area contributed by atoms with E-state index in [1.54, 1.807) is 0 Å². The van der Waals surface area contributed by atoms with Crippen molar-refractivity contribution in [2.45, 2.75) is 388 Å². The van der Waals surface area contributed by atoms with Gasteiger partial charge in [-0.2, -0.15) is 0 Å². The Morgan fingerprint density at radius 2 is 0.452 bits per heavy atom. The zero-order valence-corrected chi connectivity index (χ0v) is 62.7. The highest BCUT2D eigenvalue weighted by atomic mass is 31.2. The highest BCUT2D eigenvalue weighted by molar-refractivity contribution is 7.47. The van der Waals surface area contributed by atoms with E-state index in [2.05, 4.69) is 55.4 Å². The van der Waals surface area contributed by atoms with Crippen LogP contribution in [0.1, 0.15) is 370 Å². The molecule has 0 saturated carbocycles. The van der Waals surface area contributed by atoms with Crippen LogP contribution in [-0.2, 0) is 65.4 Å². The molecule has 0 amide bonds. The third-order valence-corrected chi connectivity index (χ3v) is 19.0. The molecule has 0 aliphatic carbocycles. The van der Waals surface area contributed by atoms with E-state index in [-0.39, 0.29) is 25.7 Å². The topological polar surface area (TPSA) is 237 Å². The molecule has 0 aromatic heterocycles. The Morgan fingerprint density at radius 1 is 0.269 bits per heavy atom. The summed E-state index contributed by atoms with van der Waals surface area (Å²) in [4.78, 5) is 72.7. The number of aliphatic hydroxyl groups excluding tert-OH is 1. The van der Waals surface area contributed by atoms with Crippen LogP contribution >= 0.6 is 15.6 Å². The fraction of sp³-hybridized carbons (Fsp3) is 0.946. The van der Waals surface area contributed by atoms with Gasteiger partial charge in [0, 0.05) is 25.7 Å². The van der Waals surface area contributed by atoms with Crippen LogP contribution < -0.4 is 0 Å². The van der Waals surface area contributed by atoms with Crippen molar-refractivity contribution in [3.05, 3.63) is 0 Å². The smallest absolute Gasteiger partial charge is 0.462 e. The zero-order valence-electron chi connectivity index (χ0n) is 60.9. The number of ether oxygens (including phenoxy) is 4. The molecule has 5 atom stereocenters. The molecule has 0 rings (SSSR count). The minimum Gasteiger partial charge on any atom is -0.462 e. The molecule has 0 spiro atoms. The minimum absolute atomic E-state index is 0.105. The van der Waals surface area contributed by atoms with Crippen molar-refractivity contribution < 1.29 is 80.2 Å². The van der Waals surface area contributed by atoms with Crippen LogP contribution in [0.25, 0.3) is 0 Å². The molecule has 0 aliphatic heterocycles. The third-order valence-electron chi connectivity index (χ3n) is 17.1. The monoisotopic (exact) mass is 1370 g/mol. The summed E-state index contributed by atoms with van der Waals surface area (Å²) in [6.45, 7) is 14.1. The number of carbonyl (C=O) groups excluding carboxylic acids is 4. The molecule has 0 heterocycles. The summed E-state index contributed by atoms with van der Waals surface area (Å²) in [5.41, 5.74) is 0. The summed E-state index contributed by atoms with van der Waals surface area (Å²) in [6.07, 6.45) is 47.4. The summed E-state index contributed by atoms with van der Waals surface area (Å²) in [7, 11) is -9.91. The molecular weight excluding hydrogens is 1220 g/mol. The maximum Gasteiger partial charge on any atom is 0.472 e. The van der Waals surface area contributed by atoms with E-state index in [9.17, 15) is 43.2 Å². The van der Waals surface area contributed by atoms with Gasteiger partial charge in [-0.1, -0.05) is 319 Å². The van der Waals surface area contributed by atoms with Gasteiger partial charge >= 0.3 is 39.5 Å². The van der Waals surface area contributed by atoms with Crippen LogP contribution in [-0.4, -0.2) is 96.7 Å². The second-order valence-electron chi connectivity index (χ2n) is 28.6. The van der Waals surface area contributed by atoms with Gasteiger partial charge in [0.25, 0.3) is 0 Å². The number of rotatable bonds is 71. The van der Waals surface area contributed by atoms with Gasteiger partial charge in [0.15, 0.2) is 12.2 Å². The maximum atomic E-state index is 13.0. The number of carbonyl (C=O) groups is 4. The fourth-order valence-electron chi connectivity index (χ4n) is 11.2. The van der Waals surface area contributed by atoms with Crippen LogP contribution in [0.3, 0.4) is 0 Å². The lowest BCUT2D eigenvalue weighted by molar-refractivity contribution is -0.161. The van der Waals surface area contributed by atoms with E-state index in [1.165, 1.54) is 161 Å². The van der Waals surface area contributed by atoms with E-state index in [0.717, 1.165) is 115 Å². The normalized spacial score (nSPS) is 14.2. The van der Waals surface area contributed by atoms with Gasteiger partial charge in [0.1, 0.15) is 19.3 Å². The Balaban J connectivity index is 5.21. The number of hydrogen-bond donors (Lipinski definition) is 3. The van der Waals surface area contributed by atoms with Crippen molar-refractivity contribution in [3.8, 4) is 0 Å². The van der Waals surface area contributed by atoms with Crippen LogP contribution in [0.5, 0.6) is 0 Å². The molecule has 3 unspecified atom stereocenters. The standard InChI is InChI=1S/C74H144O17P2/c1-64(2)50-42-34-26-20-16-13-11-9-10-12-14-18-22-30-40-48-56-73(78)90-69(60-84-71(76)54-46-38-32-24-28-36-44-52-66(5)6)62-88-92(80,81)86-58-68(75)59-87-93(82,83)89-63-70(61-85-72(77)55-47-39-33-25-29-37-45-53-67(7)8)91-74(79)57-49-41-31-23-19-15-17-21-27-35-43-51-65(3)4/h64-70,75H,9-63H2,1-8H3,(H,80,81)(H,82,83)/t68?,69-,70-/m1/s1. The highest BCUT2D eigenvalue weighted by Gasteiger charge is 2.30. The predicted octanol–water partition coefficient (Wildman–Crippen LogP) is 21.3. The highest BCUT2D eigenvalue weighted by Crippen LogP contribution is 2.45. The summed E-state index contributed by atoms with van der Waals surface area (Å²) in [5.74, 6) is 0.859. The van der Waals surface area contributed by atoms with E-state index in [1.807, 2.05) is 0 Å². The molecular formula is C74H144O17P2. The summed E-state index contributed by atoms with van der Waals surface area (Å²) in [5, 5.41) is 10.6. The van der Waals surface area contributed by atoms with Gasteiger partial charge < -0.3 is 33.8 Å². The van der Waals surface area contributed by atoms with Crippen LogP contribution in [0.2, 0.25) is 0 Å². The first-order valence-electron chi connectivity index (χ1n) is 38.2. The lowest BCUT2D eigenvalue weighted by Gasteiger charge is -2.21. The molecule has 0 aromatic rings. The molecule has 17 nitrogen and oxygen atoms in total. The minimum atomic E-state index is -4.95. The lowest BCUT2D eigenvalue weighted by atomic mass is 10.0.